The highest BCUT2D eigenvalue weighted by molar-refractivity contribution is 5.94. The van der Waals surface area contributed by atoms with Crippen LogP contribution in [0.25, 0.3) is 11.1 Å². The molecule has 0 unspecified atom stereocenters. The fraction of sp³-hybridized carbons (Fsp3) is 0.412. The lowest BCUT2D eigenvalue weighted by atomic mass is 9.74. The molecule has 41 heavy (non-hydrogen) atoms. The van der Waals surface area contributed by atoms with Crippen LogP contribution in [0.4, 0.5) is 8.78 Å². The van der Waals surface area contributed by atoms with Crippen molar-refractivity contribution in [3.05, 3.63) is 95.6 Å². The Hall–Kier alpha value is -3.58. The van der Waals surface area contributed by atoms with E-state index in [2.05, 4.69) is 40.2 Å². The highest BCUT2D eigenvalue weighted by Gasteiger charge is 2.42. The third-order valence-corrected chi connectivity index (χ3v) is 8.70. The molecule has 0 aliphatic heterocycles. The van der Waals surface area contributed by atoms with Crippen LogP contribution in [0.5, 0.6) is 0 Å². The maximum Gasteiger partial charge on any atom is 0.251 e. The molecule has 2 amide bonds. The van der Waals surface area contributed by atoms with E-state index < -0.39 is 6.43 Å². The van der Waals surface area contributed by atoms with Gasteiger partial charge in [0.1, 0.15) is 0 Å². The molecule has 3 aromatic rings. The molecule has 0 spiro atoms. The molecule has 1 saturated carbocycles. The Bertz CT molecular complexity index is 1280. The minimum absolute atomic E-state index is 0.0293. The lowest BCUT2D eigenvalue weighted by Crippen LogP contribution is -2.41. The molecule has 0 aromatic heterocycles. The monoisotopic (exact) mass is 559 g/mol. The zero-order chi connectivity index (χ0) is 28.7. The summed E-state index contributed by atoms with van der Waals surface area (Å²) in [5.41, 5.74) is 4.99. The van der Waals surface area contributed by atoms with Crippen LogP contribution >= 0.6 is 0 Å². The Labute approximate surface area is 241 Å². The van der Waals surface area contributed by atoms with Gasteiger partial charge >= 0.3 is 0 Å². The van der Waals surface area contributed by atoms with E-state index in [9.17, 15) is 18.4 Å². The molecule has 1 fully saturated rings. The Morgan fingerprint density at radius 1 is 0.805 bits per heavy atom. The maximum absolute atomic E-state index is 13.0. The van der Waals surface area contributed by atoms with Gasteiger partial charge in [0.2, 0.25) is 5.91 Å². The van der Waals surface area contributed by atoms with E-state index in [1.807, 2.05) is 42.5 Å². The number of alkyl halides is 2. The first-order valence-electron chi connectivity index (χ1n) is 14.8. The minimum atomic E-state index is -2.40. The van der Waals surface area contributed by atoms with E-state index in [0.29, 0.717) is 18.7 Å². The fourth-order valence-corrected chi connectivity index (χ4v) is 6.62. The molecule has 216 valence electrons. The largest absolute Gasteiger partial charge is 0.356 e. The van der Waals surface area contributed by atoms with Crippen molar-refractivity contribution < 1.29 is 18.4 Å². The summed E-state index contributed by atoms with van der Waals surface area (Å²) in [7, 11) is 0. The van der Waals surface area contributed by atoms with Crippen molar-refractivity contribution >= 4 is 11.8 Å². The molecule has 0 saturated heterocycles. The van der Waals surface area contributed by atoms with Crippen molar-refractivity contribution in [3.8, 4) is 11.1 Å². The molecule has 7 heteroatoms. The van der Waals surface area contributed by atoms with Crippen LogP contribution in [0.3, 0.4) is 0 Å². The molecule has 0 atom stereocenters. The Morgan fingerprint density at radius 3 is 2.05 bits per heavy atom. The molecule has 3 aromatic carbocycles. The van der Waals surface area contributed by atoms with Crippen LogP contribution in [-0.4, -0.2) is 43.9 Å². The topological polar surface area (TPSA) is 70.2 Å². The Morgan fingerprint density at radius 2 is 1.41 bits per heavy atom. The number of halogens is 2. The maximum atomic E-state index is 13.0. The summed E-state index contributed by atoms with van der Waals surface area (Å²) in [5.74, 6) is -0.00533. The third kappa shape index (κ3) is 6.67. The van der Waals surface area contributed by atoms with Crippen LogP contribution in [0.2, 0.25) is 0 Å². The summed E-state index contributed by atoms with van der Waals surface area (Å²) in [5, 5.41) is 9.26. The van der Waals surface area contributed by atoms with Crippen molar-refractivity contribution in [2.45, 2.75) is 62.8 Å². The smallest absolute Gasteiger partial charge is 0.251 e. The second kappa shape index (κ2) is 13.4. The SMILES string of the molecule is O=C(NC1CCC(C(=O)NCCCCC2(CNCC(F)F)c3ccccc3-c3ccccc32)CC1)c1ccccc1. The van der Waals surface area contributed by atoms with Crippen LogP contribution in [0.1, 0.15) is 66.4 Å². The highest BCUT2D eigenvalue weighted by Crippen LogP contribution is 2.51. The van der Waals surface area contributed by atoms with Crippen molar-refractivity contribution in [3.63, 3.8) is 0 Å². The fourth-order valence-electron chi connectivity index (χ4n) is 6.62. The molecule has 2 aliphatic rings. The molecule has 0 radical (unpaired) electrons. The predicted molar refractivity (Wildman–Crippen MR) is 158 cm³/mol. The van der Waals surface area contributed by atoms with Crippen molar-refractivity contribution in [1.29, 1.82) is 0 Å². The van der Waals surface area contributed by atoms with Gasteiger partial charge in [-0.15, -0.1) is 0 Å². The second-order valence-corrected chi connectivity index (χ2v) is 11.3. The molecule has 5 nitrogen and oxygen atoms in total. The normalized spacial score (nSPS) is 18.9. The van der Waals surface area contributed by atoms with Gasteiger partial charge in [0.25, 0.3) is 12.3 Å². The summed E-state index contributed by atoms with van der Waals surface area (Å²) in [6.45, 7) is 0.704. The van der Waals surface area contributed by atoms with E-state index in [-0.39, 0.29) is 35.7 Å². The molecular weight excluding hydrogens is 520 g/mol. The van der Waals surface area contributed by atoms with Crippen LogP contribution in [-0.2, 0) is 10.2 Å². The second-order valence-electron chi connectivity index (χ2n) is 11.3. The van der Waals surface area contributed by atoms with Crippen molar-refractivity contribution in [2.75, 3.05) is 19.6 Å². The average Bonchev–Trinajstić information content (AvgIpc) is 3.27. The predicted octanol–water partition coefficient (Wildman–Crippen LogP) is 6.08. The highest BCUT2D eigenvalue weighted by atomic mass is 19.3. The van der Waals surface area contributed by atoms with E-state index in [1.165, 1.54) is 22.3 Å². The summed E-state index contributed by atoms with van der Waals surface area (Å²) in [4.78, 5) is 25.3. The number of rotatable bonds is 12. The van der Waals surface area contributed by atoms with Gasteiger partial charge in [0.05, 0.1) is 6.54 Å². The van der Waals surface area contributed by atoms with E-state index in [0.717, 1.165) is 44.9 Å². The van der Waals surface area contributed by atoms with Crippen molar-refractivity contribution in [1.82, 2.24) is 16.0 Å². The van der Waals surface area contributed by atoms with E-state index in [4.69, 9.17) is 0 Å². The number of amides is 2. The molecule has 5 rings (SSSR count). The molecule has 0 heterocycles. The summed E-state index contributed by atoms with van der Waals surface area (Å²) >= 11 is 0. The van der Waals surface area contributed by atoms with Crippen LogP contribution in [0.15, 0.2) is 78.9 Å². The standard InChI is InChI=1S/C34H39F2N3O2/c35-31(36)22-37-23-34(29-14-6-4-12-27(29)28-13-5-7-15-30(28)34)20-8-9-21-38-32(40)25-16-18-26(19-17-25)39-33(41)24-10-2-1-3-11-24/h1-7,10-15,25-26,31,37H,8-9,16-23H2,(H,38,40)(H,39,41). The summed E-state index contributed by atoms with van der Waals surface area (Å²) < 4.78 is 26.1. The van der Waals surface area contributed by atoms with E-state index >= 15 is 0 Å². The van der Waals surface area contributed by atoms with Crippen LogP contribution < -0.4 is 16.0 Å². The van der Waals surface area contributed by atoms with Gasteiger partial charge in [-0.25, -0.2) is 8.78 Å². The first-order chi connectivity index (χ1) is 20.0. The number of nitrogens with one attached hydrogen (secondary N) is 3. The number of carbonyl (C=O) groups is 2. The number of benzene rings is 3. The van der Waals surface area contributed by atoms with Gasteiger partial charge in [-0.2, -0.15) is 0 Å². The number of hydrogen-bond donors (Lipinski definition) is 3. The van der Waals surface area contributed by atoms with Gasteiger partial charge in [0, 0.05) is 36.0 Å². The third-order valence-electron chi connectivity index (χ3n) is 8.70. The molecule has 2 aliphatic carbocycles. The van der Waals surface area contributed by atoms with Gasteiger partial charge in [-0.05, 0) is 72.9 Å². The number of unbranched alkanes of at least 4 members (excludes halogenated alkanes) is 1. The van der Waals surface area contributed by atoms with Gasteiger partial charge in [-0.3, -0.25) is 9.59 Å². The first-order valence-corrected chi connectivity index (χ1v) is 14.8. The molecule has 3 N–H and O–H groups in total. The van der Waals surface area contributed by atoms with Crippen LogP contribution in [0, 0.1) is 5.92 Å². The van der Waals surface area contributed by atoms with Gasteiger partial charge in [0.15, 0.2) is 0 Å². The minimum Gasteiger partial charge on any atom is -0.356 e. The summed E-state index contributed by atoms with van der Waals surface area (Å²) in [6, 6.07) is 25.9. The number of hydrogen-bond acceptors (Lipinski definition) is 3. The average molecular weight is 560 g/mol. The quantitative estimate of drug-likeness (QED) is 0.236. The van der Waals surface area contributed by atoms with Gasteiger partial charge < -0.3 is 16.0 Å². The summed E-state index contributed by atoms with van der Waals surface area (Å²) in [6.07, 6.45) is 3.19. The first kappa shape index (κ1) is 28.9. The lowest BCUT2D eigenvalue weighted by Gasteiger charge is -2.33. The van der Waals surface area contributed by atoms with Crippen molar-refractivity contribution in [2.24, 2.45) is 5.92 Å². The van der Waals surface area contributed by atoms with Gasteiger partial charge in [-0.1, -0.05) is 73.2 Å². The Kier molecular flexibility index (Phi) is 9.45. The molecule has 0 bridgehead atoms. The number of fused-ring (bicyclic) bond motifs is 3. The molecular formula is C34H39F2N3O2. The zero-order valence-corrected chi connectivity index (χ0v) is 23.4. The zero-order valence-electron chi connectivity index (χ0n) is 23.4. The Balaban J connectivity index is 1.11. The lowest BCUT2D eigenvalue weighted by molar-refractivity contribution is -0.126. The van der Waals surface area contributed by atoms with E-state index in [1.54, 1.807) is 12.1 Å². The number of carbonyl (C=O) groups excluding carboxylic acids is 2.